The van der Waals surface area contributed by atoms with Gasteiger partial charge in [-0.25, -0.2) is 0 Å². The molecule has 0 spiro atoms. The Kier molecular flexibility index (Phi) is 5.65. The average Bonchev–Trinajstić information content (AvgIpc) is 2.52. The van der Waals surface area contributed by atoms with Crippen molar-refractivity contribution in [2.24, 2.45) is 0 Å². The quantitative estimate of drug-likeness (QED) is 0.528. The molecule has 0 heterocycles. The van der Waals surface area contributed by atoms with Crippen molar-refractivity contribution in [1.82, 2.24) is 0 Å². The van der Waals surface area contributed by atoms with Gasteiger partial charge in [-0.3, -0.25) is 0 Å². The molecule has 110 valence electrons. The molecule has 0 aliphatic heterocycles. The van der Waals surface area contributed by atoms with Crippen LogP contribution in [0.15, 0.2) is 72.8 Å². The zero-order chi connectivity index (χ0) is 15.4. The third kappa shape index (κ3) is 4.64. The second-order valence-electron chi connectivity index (χ2n) is 4.59. The standard InChI is InChI=1S/C18H12Cl2Se2/c19-13-4-8-15(9-5-13)21-17-2-1-3-18(12-17)22-16-10-6-14(20)7-11-16/h1-12H. The maximum atomic E-state index is 5.94. The molecule has 4 heteroatoms. The topological polar surface area (TPSA) is 0 Å². The summed E-state index contributed by atoms with van der Waals surface area (Å²) in [5.41, 5.74) is 0. The van der Waals surface area contributed by atoms with Crippen LogP contribution in [0.3, 0.4) is 0 Å². The molecule has 0 amide bonds. The summed E-state index contributed by atoms with van der Waals surface area (Å²) in [6.07, 6.45) is 0. The number of rotatable bonds is 4. The molecule has 0 saturated heterocycles. The zero-order valence-corrected chi connectivity index (χ0v) is 16.4. The molecule has 3 rings (SSSR count). The molecule has 0 saturated carbocycles. The molecule has 0 N–H and O–H groups in total. The van der Waals surface area contributed by atoms with Crippen LogP contribution < -0.4 is 17.8 Å². The molecule has 0 aliphatic carbocycles. The van der Waals surface area contributed by atoms with E-state index in [4.69, 9.17) is 23.2 Å². The second-order valence-corrected chi connectivity index (χ2v) is 10.3. The zero-order valence-electron chi connectivity index (χ0n) is 11.5. The minimum atomic E-state index is 0.316. The van der Waals surface area contributed by atoms with Gasteiger partial charge in [0.1, 0.15) is 0 Å². The van der Waals surface area contributed by atoms with Crippen molar-refractivity contribution in [3.8, 4) is 0 Å². The molecule has 0 aliphatic rings. The molecule has 0 unspecified atom stereocenters. The third-order valence-corrected chi connectivity index (χ3v) is 7.59. The molecule has 0 radical (unpaired) electrons. The van der Waals surface area contributed by atoms with Crippen LogP contribution in [-0.4, -0.2) is 29.9 Å². The summed E-state index contributed by atoms with van der Waals surface area (Å²) in [5, 5.41) is 1.58. The van der Waals surface area contributed by atoms with Crippen LogP contribution in [0.5, 0.6) is 0 Å². The van der Waals surface area contributed by atoms with E-state index in [2.05, 4.69) is 48.5 Å². The van der Waals surface area contributed by atoms with Gasteiger partial charge in [-0.15, -0.1) is 0 Å². The predicted octanol–water partition coefficient (Wildman–Crippen LogP) is 2.30. The van der Waals surface area contributed by atoms with Gasteiger partial charge in [0.2, 0.25) is 0 Å². The first-order valence-corrected chi connectivity index (χ1v) is 10.8. The van der Waals surface area contributed by atoms with Gasteiger partial charge >= 0.3 is 154 Å². The second kappa shape index (κ2) is 7.70. The van der Waals surface area contributed by atoms with Crippen molar-refractivity contribution in [3.63, 3.8) is 0 Å². The normalized spacial score (nSPS) is 10.6. The molecular formula is C18H12Cl2Se2. The van der Waals surface area contributed by atoms with E-state index in [0.717, 1.165) is 10.0 Å². The van der Waals surface area contributed by atoms with Crippen molar-refractivity contribution < 1.29 is 0 Å². The third-order valence-electron chi connectivity index (χ3n) is 2.90. The summed E-state index contributed by atoms with van der Waals surface area (Å²) in [6, 6.07) is 25.2. The molecule has 0 atom stereocenters. The fraction of sp³-hybridized carbons (Fsp3) is 0. The molecule has 3 aromatic rings. The first-order valence-electron chi connectivity index (χ1n) is 6.66. The summed E-state index contributed by atoms with van der Waals surface area (Å²) < 4.78 is 5.47. The van der Waals surface area contributed by atoms with Gasteiger partial charge in [-0.05, 0) is 0 Å². The van der Waals surface area contributed by atoms with Crippen molar-refractivity contribution in [2.75, 3.05) is 0 Å². The van der Waals surface area contributed by atoms with E-state index in [0.29, 0.717) is 29.9 Å². The van der Waals surface area contributed by atoms with E-state index in [-0.39, 0.29) is 0 Å². The van der Waals surface area contributed by atoms with Gasteiger partial charge in [0.25, 0.3) is 0 Å². The maximum absolute atomic E-state index is 5.94. The molecule has 0 fully saturated rings. The van der Waals surface area contributed by atoms with E-state index in [1.165, 1.54) is 17.8 Å². The van der Waals surface area contributed by atoms with Crippen LogP contribution in [0.1, 0.15) is 0 Å². The molecule has 0 nitrogen and oxygen atoms in total. The van der Waals surface area contributed by atoms with E-state index in [9.17, 15) is 0 Å². The summed E-state index contributed by atoms with van der Waals surface area (Å²) >= 11 is 12.5. The van der Waals surface area contributed by atoms with E-state index in [1.54, 1.807) is 0 Å². The fourth-order valence-corrected chi connectivity index (χ4v) is 6.19. The Balaban J connectivity index is 1.74. The van der Waals surface area contributed by atoms with E-state index in [1.807, 2.05) is 24.3 Å². The average molecular weight is 457 g/mol. The Bertz CT molecular complexity index is 690. The van der Waals surface area contributed by atoms with Crippen molar-refractivity contribution in [3.05, 3.63) is 82.8 Å². The number of benzene rings is 3. The van der Waals surface area contributed by atoms with Crippen LogP contribution in [-0.2, 0) is 0 Å². The number of halogens is 2. The predicted molar refractivity (Wildman–Crippen MR) is 99.4 cm³/mol. The Labute approximate surface area is 153 Å². The molecule has 0 aromatic heterocycles. The summed E-state index contributed by atoms with van der Waals surface area (Å²) in [5.74, 6) is 0. The van der Waals surface area contributed by atoms with Gasteiger partial charge in [-0.1, -0.05) is 0 Å². The fourth-order valence-electron chi connectivity index (χ4n) is 1.88. The number of hydrogen-bond donors (Lipinski definition) is 0. The van der Waals surface area contributed by atoms with Crippen LogP contribution in [0.4, 0.5) is 0 Å². The monoisotopic (exact) mass is 458 g/mol. The molecular weight excluding hydrogens is 445 g/mol. The molecule has 3 aromatic carbocycles. The van der Waals surface area contributed by atoms with Crippen LogP contribution in [0.2, 0.25) is 10.0 Å². The van der Waals surface area contributed by atoms with E-state index < -0.39 is 0 Å². The van der Waals surface area contributed by atoms with E-state index >= 15 is 0 Å². The van der Waals surface area contributed by atoms with Gasteiger partial charge in [-0.2, -0.15) is 0 Å². The molecule has 0 bridgehead atoms. The van der Waals surface area contributed by atoms with Crippen LogP contribution >= 0.6 is 23.2 Å². The Morgan fingerprint density at radius 2 is 0.909 bits per heavy atom. The van der Waals surface area contributed by atoms with Gasteiger partial charge in [0.15, 0.2) is 0 Å². The van der Waals surface area contributed by atoms with Crippen molar-refractivity contribution in [2.45, 2.75) is 0 Å². The van der Waals surface area contributed by atoms with Gasteiger partial charge in [0.05, 0.1) is 0 Å². The first kappa shape index (κ1) is 16.1. The van der Waals surface area contributed by atoms with Crippen LogP contribution in [0, 0.1) is 0 Å². The first-order chi connectivity index (χ1) is 10.7. The van der Waals surface area contributed by atoms with Gasteiger partial charge < -0.3 is 0 Å². The summed E-state index contributed by atoms with van der Waals surface area (Å²) in [4.78, 5) is 0. The Morgan fingerprint density at radius 3 is 1.32 bits per heavy atom. The van der Waals surface area contributed by atoms with Gasteiger partial charge in [0, 0.05) is 0 Å². The number of hydrogen-bond acceptors (Lipinski definition) is 0. The molecule has 22 heavy (non-hydrogen) atoms. The Morgan fingerprint density at radius 1 is 0.500 bits per heavy atom. The van der Waals surface area contributed by atoms with Crippen molar-refractivity contribution in [1.29, 1.82) is 0 Å². The SMILES string of the molecule is Clc1ccc([Se]c2cccc([Se]c3ccc(Cl)cc3)c2)cc1. The van der Waals surface area contributed by atoms with Crippen LogP contribution in [0.25, 0.3) is 0 Å². The summed E-state index contributed by atoms with van der Waals surface area (Å²) in [6.45, 7) is 0. The Hall–Kier alpha value is -0.721. The van der Waals surface area contributed by atoms with Crippen molar-refractivity contribution >= 4 is 71.0 Å². The summed E-state index contributed by atoms with van der Waals surface area (Å²) in [7, 11) is 0. The minimum absolute atomic E-state index is 0.316.